The molecule has 1 aliphatic rings. The molecule has 0 saturated carbocycles. The molecule has 1 heterocycles. The molecule has 186 valence electrons. The molecule has 2 amide bonds. The Bertz CT molecular complexity index is 952. The summed E-state index contributed by atoms with van der Waals surface area (Å²) in [7, 11) is 3.42. The number of methoxy groups -OCH3 is 1. The van der Waals surface area contributed by atoms with E-state index in [0.717, 1.165) is 6.26 Å². The van der Waals surface area contributed by atoms with Crippen molar-refractivity contribution in [3.63, 3.8) is 0 Å². The van der Waals surface area contributed by atoms with Crippen molar-refractivity contribution in [1.29, 1.82) is 0 Å². The first-order valence-electron chi connectivity index (χ1n) is 10.8. The zero-order chi connectivity index (χ0) is 24.9. The molecule has 1 aromatic carbocycles. The molecule has 0 radical (unpaired) electrons. The van der Waals surface area contributed by atoms with Gasteiger partial charge in [0.25, 0.3) is 5.91 Å². The fourth-order valence-corrected chi connectivity index (χ4v) is 4.32. The van der Waals surface area contributed by atoms with E-state index in [2.05, 4.69) is 4.72 Å². The zero-order valence-electron chi connectivity index (χ0n) is 20.5. The number of benzene rings is 1. The molecule has 0 bridgehead atoms. The van der Waals surface area contributed by atoms with Crippen molar-refractivity contribution >= 4 is 27.5 Å². The van der Waals surface area contributed by atoms with E-state index in [4.69, 9.17) is 9.47 Å². The van der Waals surface area contributed by atoms with Gasteiger partial charge in [0, 0.05) is 38.9 Å². The summed E-state index contributed by atoms with van der Waals surface area (Å²) in [5, 5.41) is 0. The van der Waals surface area contributed by atoms with E-state index in [1.165, 1.54) is 11.0 Å². The van der Waals surface area contributed by atoms with Crippen LogP contribution >= 0.6 is 0 Å². The van der Waals surface area contributed by atoms with Crippen LogP contribution in [-0.4, -0.2) is 108 Å². The smallest absolute Gasteiger partial charge is 0.257 e. The molecule has 2 rings (SSSR count). The lowest BCUT2D eigenvalue weighted by Crippen LogP contribution is -2.50. The molecule has 0 saturated heterocycles. The number of rotatable bonds is 5. The lowest BCUT2D eigenvalue weighted by molar-refractivity contribution is -0.136. The Kier molecular flexibility index (Phi) is 9.10. The van der Waals surface area contributed by atoms with Crippen molar-refractivity contribution in [3.05, 3.63) is 23.8 Å². The van der Waals surface area contributed by atoms with Gasteiger partial charge in [-0.3, -0.25) is 14.3 Å². The van der Waals surface area contributed by atoms with E-state index in [-0.39, 0.29) is 54.3 Å². The van der Waals surface area contributed by atoms with Crippen LogP contribution in [-0.2, 0) is 19.6 Å². The summed E-state index contributed by atoms with van der Waals surface area (Å²) in [4.78, 5) is 31.4. The highest BCUT2D eigenvalue weighted by molar-refractivity contribution is 7.92. The molecule has 1 aliphatic heterocycles. The number of nitrogens with zero attached hydrogens (tertiary/aromatic N) is 3. The fraction of sp³-hybridized carbons (Fsp3) is 0.636. The van der Waals surface area contributed by atoms with Crippen molar-refractivity contribution in [2.45, 2.75) is 26.0 Å². The van der Waals surface area contributed by atoms with Gasteiger partial charge in [-0.15, -0.1) is 0 Å². The van der Waals surface area contributed by atoms with Gasteiger partial charge in [0.1, 0.15) is 12.4 Å². The van der Waals surface area contributed by atoms with Gasteiger partial charge in [0.15, 0.2) is 0 Å². The van der Waals surface area contributed by atoms with E-state index in [0.29, 0.717) is 18.8 Å². The summed E-state index contributed by atoms with van der Waals surface area (Å²) < 4.78 is 37.4. The number of anilines is 1. The highest BCUT2D eigenvalue weighted by Crippen LogP contribution is 2.27. The number of hydrogen-bond acceptors (Lipinski definition) is 7. The fourth-order valence-electron chi connectivity index (χ4n) is 3.76. The number of amides is 2. The third kappa shape index (κ3) is 7.58. The summed E-state index contributed by atoms with van der Waals surface area (Å²) in [6, 6.07) is 4.31. The Balaban J connectivity index is 2.47. The van der Waals surface area contributed by atoms with Crippen LogP contribution in [0.4, 0.5) is 5.69 Å². The van der Waals surface area contributed by atoms with Crippen molar-refractivity contribution in [1.82, 2.24) is 14.7 Å². The third-order valence-electron chi connectivity index (χ3n) is 5.52. The molecule has 0 aliphatic carbocycles. The summed E-state index contributed by atoms with van der Waals surface area (Å²) in [5.41, 5.74) is 0.494. The van der Waals surface area contributed by atoms with Crippen LogP contribution in [0.1, 0.15) is 24.2 Å². The summed E-state index contributed by atoms with van der Waals surface area (Å²) in [6.07, 6.45) is 0.740. The van der Waals surface area contributed by atoms with Gasteiger partial charge in [-0.1, -0.05) is 6.92 Å². The SMILES string of the molecule is CO[C@H]1CN(C)C(=O)c2cc(NS(C)(=O)=O)ccc2OC[C@H](C)N(C(=O)CN(C)C)C[C@@H]1C. The molecule has 1 aromatic rings. The van der Waals surface area contributed by atoms with Crippen LogP contribution < -0.4 is 9.46 Å². The van der Waals surface area contributed by atoms with Gasteiger partial charge in [-0.2, -0.15) is 0 Å². The molecule has 33 heavy (non-hydrogen) atoms. The second kappa shape index (κ2) is 11.2. The molecule has 0 unspecified atom stereocenters. The number of nitrogens with one attached hydrogen (secondary N) is 1. The van der Waals surface area contributed by atoms with E-state index >= 15 is 0 Å². The average molecular weight is 485 g/mol. The number of carbonyl (C=O) groups excluding carboxylic acids is 2. The normalized spacial score (nSPS) is 22.8. The van der Waals surface area contributed by atoms with Gasteiger partial charge in [0.05, 0.1) is 30.5 Å². The van der Waals surface area contributed by atoms with Crippen LogP contribution in [0, 0.1) is 5.92 Å². The topological polar surface area (TPSA) is 108 Å². The zero-order valence-corrected chi connectivity index (χ0v) is 21.3. The molecular weight excluding hydrogens is 448 g/mol. The molecule has 11 heteroatoms. The van der Waals surface area contributed by atoms with Crippen LogP contribution in [0.2, 0.25) is 0 Å². The molecule has 0 fully saturated rings. The van der Waals surface area contributed by atoms with E-state index < -0.39 is 10.0 Å². The first kappa shape index (κ1) is 26.9. The predicted octanol–water partition coefficient (Wildman–Crippen LogP) is 0.952. The minimum atomic E-state index is -3.51. The second-order valence-electron chi connectivity index (χ2n) is 8.97. The molecule has 3 atom stereocenters. The number of ether oxygens (including phenoxy) is 2. The molecule has 1 N–H and O–H groups in total. The Hall–Kier alpha value is -2.37. The van der Waals surface area contributed by atoms with Crippen LogP contribution in [0.15, 0.2) is 18.2 Å². The summed E-state index contributed by atoms with van der Waals surface area (Å²) in [5.74, 6) is -0.0614. The number of likely N-dealkylation sites (N-methyl/N-ethyl adjacent to an activating group) is 2. The van der Waals surface area contributed by atoms with Gasteiger partial charge in [-0.25, -0.2) is 8.42 Å². The summed E-state index contributed by atoms with van der Waals surface area (Å²) in [6.45, 7) is 5.09. The van der Waals surface area contributed by atoms with E-state index in [1.807, 2.05) is 32.8 Å². The van der Waals surface area contributed by atoms with Crippen molar-refractivity contribution < 1.29 is 27.5 Å². The lowest BCUT2D eigenvalue weighted by atomic mass is 10.0. The summed E-state index contributed by atoms with van der Waals surface area (Å²) >= 11 is 0. The predicted molar refractivity (Wildman–Crippen MR) is 127 cm³/mol. The number of hydrogen-bond donors (Lipinski definition) is 1. The maximum Gasteiger partial charge on any atom is 0.257 e. The maximum atomic E-state index is 13.3. The van der Waals surface area contributed by atoms with Gasteiger partial charge in [-0.05, 0) is 39.2 Å². The largest absolute Gasteiger partial charge is 0.491 e. The van der Waals surface area contributed by atoms with Crippen molar-refractivity contribution in [2.24, 2.45) is 5.92 Å². The Morgan fingerprint density at radius 2 is 1.94 bits per heavy atom. The van der Waals surface area contributed by atoms with E-state index in [1.54, 1.807) is 31.2 Å². The first-order valence-corrected chi connectivity index (χ1v) is 12.7. The van der Waals surface area contributed by atoms with Gasteiger partial charge < -0.3 is 24.2 Å². The highest BCUT2D eigenvalue weighted by atomic mass is 32.2. The molecule has 0 spiro atoms. The molecule has 0 aromatic heterocycles. The number of fused-ring (bicyclic) bond motifs is 1. The Morgan fingerprint density at radius 3 is 2.52 bits per heavy atom. The van der Waals surface area contributed by atoms with E-state index in [9.17, 15) is 18.0 Å². The van der Waals surface area contributed by atoms with Crippen LogP contribution in [0.25, 0.3) is 0 Å². The minimum Gasteiger partial charge on any atom is -0.491 e. The van der Waals surface area contributed by atoms with Crippen LogP contribution in [0.5, 0.6) is 5.75 Å². The number of carbonyl (C=O) groups is 2. The molecular formula is C22H36N4O6S. The highest BCUT2D eigenvalue weighted by Gasteiger charge is 2.30. The molecule has 10 nitrogen and oxygen atoms in total. The Morgan fingerprint density at radius 1 is 1.27 bits per heavy atom. The Labute approximate surface area is 196 Å². The standard InChI is InChI=1S/C22H36N4O6S/c1-15-11-26(21(27)13-24(3)4)16(2)14-32-19-9-8-17(23-33(7,29)30)10-18(19)22(28)25(5)12-20(15)31-6/h8-10,15-16,20,23H,11-14H2,1-7H3/t15-,16-,20-/m0/s1. The lowest BCUT2D eigenvalue weighted by Gasteiger charge is -2.36. The maximum absolute atomic E-state index is 13.3. The quantitative estimate of drug-likeness (QED) is 0.663. The third-order valence-corrected chi connectivity index (χ3v) is 6.13. The first-order chi connectivity index (χ1) is 15.3. The van der Waals surface area contributed by atoms with Gasteiger partial charge in [0.2, 0.25) is 15.9 Å². The number of sulfonamides is 1. The van der Waals surface area contributed by atoms with Crippen molar-refractivity contribution in [2.75, 3.05) is 65.5 Å². The monoisotopic (exact) mass is 484 g/mol. The minimum absolute atomic E-state index is 0.0211. The van der Waals surface area contributed by atoms with Gasteiger partial charge >= 0.3 is 0 Å². The average Bonchev–Trinajstić information content (AvgIpc) is 2.71. The van der Waals surface area contributed by atoms with Crippen molar-refractivity contribution in [3.8, 4) is 5.75 Å². The van der Waals surface area contributed by atoms with Crippen LogP contribution in [0.3, 0.4) is 0 Å². The second-order valence-corrected chi connectivity index (χ2v) is 10.7.